The predicted molar refractivity (Wildman–Crippen MR) is 101 cm³/mol. The Kier molecular flexibility index (Phi) is 6.56. The molecule has 1 aliphatic heterocycles. The number of carbonyl (C=O) groups is 1. The maximum atomic E-state index is 13.9. The second kappa shape index (κ2) is 8.93. The van der Waals surface area contributed by atoms with Crippen LogP contribution in [0.3, 0.4) is 0 Å². The lowest BCUT2D eigenvalue weighted by molar-refractivity contribution is 0.0473. The van der Waals surface area contributed by atoms with Gasteiger partial charge in [-0.05, 0) is 37.3 Å². The largest absolute Gasteiger partial charge is 0.755 e. The standard InChI is InChI=1S/C19H20F3N3O3S/c1-12-10-24(11-14-4-7-16(20)18(22)17(14)21)8-9-25(12)19(26)13-2-5-15(6-3-13)23-29(27)28/h2-7,12,23H,8-11H2,1H3,(H,27,28)/p-1. The molecule has 0 radical (unpaired) electrons. The molecule has 0 aliphatic carbocycles. The van der Waals surface area contributed by atoms with Gasteiger partial charge in [-0.2, -0.15) is 0 Å². The lowest BCUT2D eigenvalue weighted by Crippen LogP contribution is -2.53. The number of hydrogen-bond acceptors (Lipinski definition) is 4. The van der Waals surface area contributed by atoms with Crippen molar-refractivity contribution < 1.29 is 26.7 Å². The third-order valence-corrected chi connectivity index (χ3v) is 5.22. The van der Waals surface area contributed by atoms with Gasteiger partial charge in [-0.25, -0.2) is 13.2 Å². The molecule has 2 atom stereocenters. The van der Waals surface area contributed by atoms with Gasteiger partial charge in [0.2, 0.25) is 0 Å². The Morgan fingerprint density at radius 3 is 2.45 bits per heavy atom. The van der Waals surface area contributed by atoms with Gasteiger partial charge in [0, 0.05) is 60.3 Å². The minimum Gasteiger partial charge on any atom is -0.755 e. The molecule has 156 valence electrons. The van der Waals surface area contributed by atoms with E-state index in [-0.39, 0.29) is 24.1 Å². The Hall–Kier alpha value is -2.43. The van der Waals surface area contributed by atoms with Crippen LogP contribution < -0.4 is 4.72 Å². The molecule has 0 aromatic heterocycles. The van der Waals surface area contributed by atoms with E-state index >= 15 is 0 Å². The number of benzene rings is 2. The molecule has 0 saturated carbocycles. The Balaban J connectivity index is 1.63. The van der Waals surface area contributed by atoms with E-state index in [0.29, 0.717) is 30.9 Å². The zero-order chi connectivity index (χ0) is 21.1. The van der Waals surface area contributed by atoms with E-state index in [2.05, 4.69) is 4.72 Å². The molecular weight excluding hydrogens is 407 g/mol. The summed E-state index contributed by atoms with van der Waals surface area (Å²) < 4.78 is 63.9. The molecule has 1 amide bonds. The Labute approximate surface area is 168 Å². The highest BCUT2D eigenvalue weighted by molar-refractivity contribution is 7.80. The van der Waals surface area contributed by atoms with Gasteiger partial charge in [-0.1, -0.05) is 6.07 Å². The number of piperazine rings is 1. The maximum Gasteiger partial charge on any atom is 0.254 e. The summed E-state index contributed by atoms with van der Waals surface area (Å²) in [6.07, 6.45) is 0. The number of amides is 1. The van der Waals surface area contributed by atoms with E-state index < -0.39 is 28.7 Å². The first-order valence-electron chi connectivity index (χ1n) is 8.88. The minimum atomic E-state index is -2.44. The van der Waals surface area contributed by atoms with Crippen LogP contribution >= 0.6 is 0 Å². The van der Waals surface area contributed by atoms with Crippen LogP contribution in [0.15, 0.2) is 36.4 Å². The lowest BCUT2D eigenvalue weighted by Gasteiger charge is -2.40. The van der Waals surface area contributed by atoms with Crippen molar-refractivity contribution in [1.29, 1.82) is 0 Å². The number of carbonyl (C=O) groups excluding carboxylic acids is 1. The highest BCUT2D eigenvalue weighted by Crippen LogP contribution is 2.20. The molecule has 1 fully saturated rings. The molecule has 29 heavy (non-hydrogen) atoms. The van der Waals surface area contributed by atoms with Crippen molar-refractivity contribution in [3.05, 3.63) is 65.0 Å². The highest BCUT2D eigenvalue weighted by Gasteiger charge is 2.29. The fourth-order valence-electron chi connectivity index (χ4n) is 3.35. The maximum absolute atomic E-state index is 13.9. The van der Waals surface area contributed by atoms with Crippen molar-refractivity contribution in [2.24, 2.45) is 0 Å². The smallest absolute Gasteiger partial charge is 0.254 e. The fourth-order valence-corrected chi connectivity index (χ4v) is 3.68. The summed E-state index contributed by atoms with van der Waals surface area (Å²) in [5.41, 5.74) is 0.829. The topological polar surface area (TPSA) is 75.7 Å². The first-order chi connectivity index (χ1) is 13.8. The van der Waals surface area contributed by atoms with Gasteiger partial charge in [0.1, 0.15) is 0 Å². The molecule has 3 rings (SSSR count). The monoisotopic (exact) mass is 426 g/mol. The molecule has 2 unspecified atom stereocenters. The summed E-state index contributed by atoms with van der Waals surface area (Å²) in [6.45, 7) is 3.24. The fraction of sp³-hybridized carbons (Fsp3) is 0.316. The van der Waals surface area contributed by atoms with Crippen molar-refractivity contribution in [3.63, 3.8) is 0 Å². The van der Waals surface area contributed by atoms with Gasteiger partial charge in [0.05, 0.1) is 0 Å². The first-order valence-corrected chi connectivity index (χ1v) is 9.95. The number of halogens is 3. The third kappa shape index (κ3) is 4.95. The van der Waals surface area contributed by atoms with E-state index in [4.69, 9.17) is 0 Å². The van der Waals surface area contributed by atoms with Crippen LogP contribution in [0, 0.1) is 17.5 Å². The molecule has 0 bridgehead atoms. The van der Waals surface area contributed by atoms with Crippen LogP contribution in [0.4, 0.5) is 18.9 Å². The second-order valence-electron chi connectivity index (χ2n) is 6.83. The van der Waals surface area contributed by atoms with Crippen molar-refractivity contribution >= 4 is 22.9 Å². The summed E-state index contributed by atoms with van der Waals surface area (Å²) in [4.78, 5) is 16.3. The molecule has 10 heteroatoms. The van der Waals surface area contributed by atoms with Crippen molar-refractivity contribution in [1.82, 2.24) is 9.80 Å². The summed E-state index contributed by atoms with van der Waals surface area (Å²) in [6, 6.07) is 8.00. The van der Waals surface area contributed by atoms with Crippen LogP contribution in [-0.2, 0) is 17.8 Å². The van der Waals surface area contributed by atoms with Gasteiger partial charge < -0.3 is 14.2 Å². The van der Waals surface area contributed by atoms with Gasteiger partial charge in [-0.3, -0.25) is 13.9 Å². The Morgan fingerprint density at radius 2 is 1.83 bits per heavy atom. The molecule has 6 nitrogen and oxygen atoms in total. The number of nitrogens with one attached hydrogen (secondary N) is 1. The van der Waals surface area contributed by atoms with Crippen LogP contribution in [0.25, 0.3) is 0 Å². The molecule has 2 aromatic carbocycles. The van der Waals surface area contributed by atoms with Gasteiger partial charge in [-0.15, -0.1) is 0 Å². The van der Waals surface area contributed by atoms with E-state index in [1.807, 2.05) is 11.8 Å². The SMILES string of the molecule is CC1CN(Cc2ccc(F)c(F)c2F)CCN1C(=O)c1ccc(NS(=O)[O-])cc1. The van der Waals surface area contributed by atoms with Gasteiger partial charge >= 0.3 is 0 Å². The van der Waals surface area contributed by atoms with Crippen molar-refractivity contribution in [2.75, 3.05) is 24.4 Å². The summed E-state index contributed by atoms with van der Waals surface area (Å²) in [7, 11) is 0. The quantitative estimate of drug-likeness (QED) is 0.589. The summed E-state index contributed by atoms with van der Waals surface area (Å²) in [5, 5.41) is 0. The average molecular weight is 426 g/mol. The van der Waals surface area contributed by atoms with Gasteiger partial charge in [0.15, 0.2) is 17.5 Å². The molecular formula is C19H19F3N3O3S-. The van der Waals surface area contributed by atoms with E-state index in [1.165, 1.54) is 30.3 Å². The first kappa shape index (κ1) is 21.3. The van der Waals surface area contributed by atoms with E-state index in [0.717, 1.165) is 6.07 Å². The molecule has 2 aromatic rings. The zero-order valence-electron chi connectivity index (χ0n) is 15.5. The molecule has 1 N–H and O–H groups in total. The van der Waals surface area contributed by atoms with Gasteiger partial charge in [0.25, 0.3) is 5.91 Å². The van der Waals surface area contributed by atoms with Crippen LogP contribution in [-0.4, -0.2) is 50.1 Å². The number of hydrogen-bond donors (Lipinski definition) is 1. The van der Waals surface area contributed by atoms with E-state index in [1.54, 1.807) is 4.90 Å². The molecule has 1 heterocycles. The number of nitrogens with zero attached hydrogens (tertiary/aromatic N) is 2. The lowest BCUT2D eigenvalue weighted by atomic mass is 10.1. The minimum absolute atomic E-state index is 0.0646. The van der Waals surface area contributed by atoms with Crippen molar-refractivity contribution in [2.45, 2.75) is 19.5 Å². The van der Waals surface area contributed by atoms with Crippen LogP contribution in [0.2, 0.25) is 0 Å². The summed E-state index contributed by atoms with van der Waals surface area (Å²) in [5.74, 6) is -4.10. The molecule has 0 spiro atoms. The highest BCUT2D eigenvalue weighted by atomic mass is 32.2. The Bertz CT molecular complexity index is 927. The Morgan fingerprint density at radius 1 is 1.14 bits per heavy atom. The average Bonchev–Trinajstić information content (AvgIpc) is 2.68. The van der Waals surface area contributed by atoms with Crippen LogP contribution in [0.5, 0.6) is 0 Å². The number of rotatable bonds is 5. The number of anilines is 1. The van der Waals surface area contributed by atoms with Crippen molar-refractivity contribution in [3.8, 4) is 0 Å². The molecule has 1 aliphatic rings. The van der Waals surface area contributed by atoms with E-state index in [9.17, 15) is 26.7 Å². The third-order valence-electron chi connectivity index (χ3n) is 4.81. The normalized spacial score (nSPS) is 18.5. The summed E-state index contributed by atoms with van der Waals surface area (Å²) >= 11 is -2.44. The second-order valence-corrected chi connectivity index (χ2v) is 7.50. The van der Waals surface area contributed by atoms with Crippen LogP contribution in [0.1, 0.15) is 22.8 Å². The predicted octanol–water partition coefficient (Wildman–Crippen LogP) is 2.66. The zero-order valence-corrected chi connectivity index (χ0v) is 16.3. The molecule has 1 saturated heterocycles.